The second-order valence-electron chi connectivity index (χ2n) is 3.28. The van der Waals surface area contributed by atoms with Gasteiger partial charge in [0.15, 0.2) is 0 Å². The van der Waals surface area contributed by atoms with Crippen LogP contribution < -0.4 is 0 Å². The van der Waals surface area contributed by atoms with Crippen LogP contribution in [0.1, 0.15) is 32.1 Å². The van der Waals surface area contributed by atoms with Crippen LogP contribution in [0.5, 0.6) is 0 Å². The van der Waals surface area contributed by atoms with Crippen LogP contribution >= 0.6 is 7.60 Å². The van der Waals surface area contributed by atoms with E-state index >= 15 is 0 Å². The molecule has 0 radical (unpaired) electrons. The van der Waals surface area contributed by atoms with E-state index in [4.69, 9.17) is 19.6 Å². The summed E-state index contributed by atoms with van der Waals surface area (Å²) in [4.78, 5) is 8.98. The SMILES string of the molecule is O=P(O)(OC1CCCCC1)C(O)O. The van der Waals surface area contributed by atoms with Gasteiger partial charge in [-0.05, 0) is 12.8 Å². The first-order valence-electron chi connectivity index (χ1n) is 4.39. The summed E-state index contributed by atoms with van der Waals surface area (Å²) in [5.74, 6) is 0. The van der Waals surface area contributed by atoms with E-state index < -0.39 is 13.6 Å². The molecule has 0 heterocycles. The van der Waals surface area contributed by atoms with Gasteiger partial charge < -0.3 is 19.6 Å². The van der Waals surface area contributed by atoms with Crippen molar-refractivity contribution in [2.75, 3.05) is 0 Å². The van der Waals surface area contributed by atoms with Gasteiger partial charge in [0.2, 0.25) is 0 Å². The van der Waals surface area contributed by atoms with Crippen molar-refractivity contribution in [2.24, 2.45) is 0 Å². The number of hydrogen-bond acceptors (Lipinski definition) is 4. The predicted molar refractivity (Wildman–Crippen MR) is 46.0 cm³/mol. The van der Waals surface area contributed by atoms with E-state index in [2.05, 4.69) is 0 Å². The maximum atomic E-state index is 11.0. The molecule has 1 fully saturated rings. The molecule has 1 aliphatic rings. The van der Waals surface area contributed by atoms with Gasteiger partial charge in [-0.25, -0.2) is 0 Å². The Balaban J connectivity index is 2.42. The van der Waals surface area contributed by atoms with Crippen molar-refractivity contribution >= 4 is 7.60 Å². The van der Waals surface area contributed by atoms with E-state index in [1.165, 1.54) is 0 Å². The van der Waals surface area contributed by atoms with E-state index in [1.54, 1.807) is 0 Å². The number of rotatable bonds is 3. The molecule has 0 saturated heterocycles. The molecule has 1 saturated carbocycles. The van der Waals surface area contributed by atoms with Crippen molar-refractivity contribution < 1.29 is 24.2 Å². The minimum Gasteiger partial charge on any atom is -0.359 e. The molecular weight excluding hydrogens is 195 g/mol. The van der Waals surface area contributed by atoms with Crippen LogP contribution in [0, 0.1) is 0 Å². The lowest BCUT2D eigenvalue weighted by Gasteiger charge is -2.24. The summed E-state index contributed by atoms with van der Waals surface area (Å²) >= 11 is 0. The Labute approximate surface area is 76.9 Å². The number of hydrogen-bond donors (Lipinski definition) is 3. The van der Waals surface area contributed by atoms with Crippen LogP contribution in [0.3, 0.4) is 0 Å². The second-order valence-corrected chi connectivity index (χ2v) is 5.08. The Morgan fingerprint density at radius 1 is 1.23 bits per heavy atom. The lowest BCUT2D eigenvalue weighted by Crippen LogP contribution is -2.19. The Morgan fingerprint density at radius 2 is 1.77 bits per heavy atom. The van der Waals surface area contributed by atoms with Gasteiger partial charge in [-0.15, -0.1) is 0 Å². The molecule has 0 amide bonds. The molecule has 78 valence electrons. The van der Waals surface area contributed by atoms with E-state index in [9.17, 15) is 4.57 Å². The third-order valence-corrected chi connectivity index (χ3v) is 3.33. The van der Waals surface area contributed by atoms with Crippen molar-refractivity contribution in [3.63, 3.8) is 0 Å². The zero-order valence-electron chi connectivity index (χ0n) is 7.30. The third-order valence-electron chi connectivity index (χ3n) is 2.14. The van der Waals surface area contributed by atoms with Gasteiger partial charge in [0.1, 0.15) is 0 Å². The Kier molecular flexibility index (Phi) is 3.88. The van der Waals surface area contributed by atoms with Crippen LogP contribution in [0.2, 0.25) is 0 Å². The molecule has 0 aromatic rings. The second kappa shape index (κ2) is 4.53. The lowest BCUT2D eigenvalue weighted by molar-refractivity contribution is -0.00663. The van der Waals surface area contributed by atoms with E-state index in [0.29, 0.717) is 0 Å². The highest BCUT2D eigenvalue weighted by atomic mass is 31.2. The van der Waals surface area contributed by atoms with Crippen molar-refractivity contribution in [3.05, 3.63) is 0 Å². The third kappa shape index (κ3) is 3.37. The Morgan fingerprint density at radius 3 is 2.23 bits per heavy atom. The summed E-state index contributed by atoms with van der Waals surface area (Å²) in [6.07, 6.45) is 4.18. The maximum absolute atomic E-state index is 11.0. The smallest absolute Gasteiger partial charge is 0.359 e. The van der Waals surface area contributed by atoms with Gasteiger partial charge in [0.05, 0.1) is 6.10 Å². The van der Waals surface area contributed by atoms with Gasteiger partial charge in [0, 0.05) is 0 Å². The van der Waals surface area contributed by atoms with Gasteiger partial charge in [-0.1, -0.05) is 19.3 Å². The topological polar surface area (TPSA) is 87.0 Å². The van der Waals surface area contributed by atoms with Crippen molar-refractivity contribution in [1.29, 1.82) is 0 Å². The van der Waals surface area contributed by atoms with Crippen molar-refractivity contribution in [3.8, 4) is 0 Å². The largest absolute Gasteiger partial charge is 0.383 e. The molecule has 0 aromatic carbocycles. The molecule has 13 heavy (non-hydrogen) atoms. The number of aliphatic hydroxyl groups is 2. The summed E-state index contributed by atoms with van der Waals surface area (Å²) in [5, 5.41) is 17.1. The van der Waals surface area contributed by atoms with Crippen LogP contribution in [-0.2, 0) is 9.09 Å². The van der Waals surface area contributed by atoms with Crippen LogP contribution in [-0.4, -0.2) is 27.2 Å². The summed E-state index contributed by atoms with van der Waals surface area (Å²) in [5.41, 5.74) is 0. The average Bonchev–Trinajstić information content (AvgIpc) is 2.05. The molecule has 0 bridgehead atoms. The van der Waals surface area contributed by atoms with Gasteiger partial charge in [-0.2, -0.15) is 0 Å². The molecule has 1 aliphatic carbocycles. The zero-order valence-corrected chi connectivity index (χ0v) is 8.19. The Bertz CT molecular complexity index is 199. The molecular formula is C7H15O5P. The maximum Gasteiger partial charge on any atom is 0.383 e. The highest BCUT2D eigenvalue weighted by Crippen LogP contribution is 2.48. The molecule has 6 heteroatoms. The van der Waals surface area contributed by atoms with E-state index in [-0.39, 0.29) is 6.10 Å². The molecule has 1 atom stereocenters. The highest BCUT2D eigenvalue weighted by Gasteiger charge is 2.32. The minimum absolute atomic E-state index is 0.300. The van der Waals surface area contributed by atoms with Crippen LogP contribution in [0.25, 0.3) is 0 Å². The van der Waals surface area contributed by atoms with Gasteiger partial charge in [-0.3, -0.25) is 4.57 Å². The molecule has 0 spiro atoms. The molecule has 1 unspecified atom stereocenters. The molecule has 5 nitrogen and oxygen atoms in total. The summed E-state index contributed by atoms with van der Waals surface area (Å²) in [6.45, 7) is 0. The standard InChI is InChI=1S/C7H15O5P/c8-7(9)13(10,11)12-6-4-2-1-3-5-6/h6-9H,1-5H2,(H,10,11). The summed E-state index contributed by atoms with van der Waals surface area (Å²) in [7, 11) is -4.22. The van der Waals surface area contributed by atoms with Gasteiger partial charge in [0.25, 0.3) is 6.03 Å². The first-order valence-corrected chi connectivity index (χ1v) is 6.04. The fourth-order valence-corrected chi connectivity index (χ4v) is 2.19. The van der Waals surface area contributed by atoms with E-state index in [0.717, 1.165) is 32.1 Å². The molecule has 0 aliphatic heterocycles. The van der Waals surface area contributed by atoms with E-state index in [1.807, 2.05) is 0 Å². The molecule has 0 aromatic heterocycles. The Hall–Kier alpha value is 0.0700. The lowest BCUT2D eigenvalue weighted by atomic mass is 9.98. The summed E-state index contributed by atoms with van der Waals surface area (Å²) < 4.78 is 15.8. The minimum atomic E-state index is -4.22. The van der Waals surface area contributed by atoms with Gasteiger partial charge >= 0.3 is 7.60 Å². The van der Waals surface area contributed by atoms with Crippen molar-refractivity contribution in [1.82, 2.24) is 0 Å². The molecule has 3 N–H and O–H groups in total. The fourth-order valence-electron chi connectivity index (χ4n) is 1.44. The molecule has 1 rings (SSSR count). The average molecular weight is 210 g/mol. The first-order chi connectivity index (χ1) is 6.02. The predicted octanol–water partition coefficient (Wildman–Crippen LogP) is 0.789. The quantitative estimate of drug-likeness (QED) is 0.473. The fraction of sp³-hybridized carbons (Fsp3) is 1.00. The van der Waals surface area contributed by atoms with Crippen LogP contribution in [0.4, 0.5) is 0 Å². The van der Waals surface area contributed by atoms with Crippen molar-refractivity contribution in [2.45, 2.75) is 44.2 Å². The monoisotopic (exact) mass is 210 g/mol. The zero-order chi connectivity index (χ0) is 9.90. The normalized spacial score (nSPS) is 24.6. The first kappa shape index (κ1) is 11.1. The number of aliphatic hydroxyl groups excluding tert-OH is 1. The highest BCUT2D eigenvalue weighted by molar-refractivity contribution is 7.53. The summed E-state index contributed by atoms with van der Waals surface area (Å²) in [6, 6.07) is -2.28. The van der Waals surface area contributed by atoms with Crippen LogP contribution in [0.15, 0.2) is 0 Å².